The lowest BCUT2D eigenvalue weighted by Crippen LogP contribution is -2.18. The zero-order valence-corrected chi connectivity index (χ0v) is 15.5. The van der Waals surface area contributed by atoms with E-state index in [9.17, 15) is 4.79 Å². The van der Waals surface area contributed by atoms with Crippen LogP contribution in [0, 0.1) is 6.92 Å². The first-order valence-corrected chi connectivity index (χ1v) is 8.97. The topological polar surface area (TPSA) is 65.4 Å². The number of amides is 1. The van der Waals surface area contributed by atoms with Gasteiger partial charge in [0.05, 0.1) is 17.8 Å². The summed E-state index contributed by atoms with van der Waals surface area (Å²) in [4.78, 5) is 12.6. The maximum Gasteiger partial charge on any atom is 0.229 e. The van der Waals surface area contributed by atoms with Crippen LogP contribution in [-0.4, -0.2) is 28.9 Å². The Bertz CT molecular complexity index is 1000. The molecule has 0 spiro atoms. The number of hydrogen-bond donors (Lipinski definition) is 1. The summed E-state index contributed by atoms with van der Waals surface area (Å²) < 4.78 is 12.7. The standard InChI is InChI=1S/C20H18ClN3O3/c1-13-9-19(24(23-13)16-4-2-3-15(21)12-16)22-20(25)11-14-5-6-17-18(10-14)27-8-7-26-17/h2-6,9-10,12H,7-8,11H2,1H3,(H,22,25). The predicted molar refractivity (Wildman–Crippen MR) is 103 cm³/mol. The molecule has 1 aliphatic rings. The van der Waals surface area contributed by atoms with Crippen LogP contribution in [0.25, 0.3) is 5.69 Å². The van der Waals surface area contributed by atoms with Gasteiger partial charge in [0.2, 0.25) is 5.91 Å². The first-order valence-electron chi connectivity index (χ1n) is 8.59. The Labute approximate surface area is 161 Å². The largest absolute Gasteiger partial charge is 0.486 e. The van der Waals surface area contributed by atoms with E-state index < -0.39 is 0 Å². The molecule has 0 atom stereocenters. The molecule has 1 amide bonds. The molecule has 27 heavy (non-hydrogen) atoms. The number of fused-ring (bicyclic) bond motifs is 1. The number of anilines is 1. The Kier molecular flexibility index (Phi) is 4.73. The first kappa shape index (κ1) is 17.4. The van der Waals surface area contributed by atoms with Crippen LogP contribution >= 0.6 is 11.6 Å². The average Bonchev–Trinajstić information content (AvgIpc) is 3.01. The molecular formula is C20H18ClN3O3. The SMILES string of the molecule is Cc1cc(NC(=O)Cc2ccc3c(c2)OCCO3)n(-c2cccc(Cl)c2)n1. The first-order chi connectivity index (χ1) is 13.1. The summed E-state index contributed by atoms with van der Waals surface area (Å²) in [6, 6.07) is 14.7. The number of ether oxygens (including phenoxy) is 2. The van der Waals surface area contributed by atoms with Gasteiger partial charge in [0.15, 0.2) is 11.5 Å². The summed E-state index contributed by atoms with van der Waals surface area (Å²) in [6.07, 6.45) is 0.219. The van der Waals surface area contributed by atoms with Gasteiger partial charge in [0.1, 0.15) is 19.0 Å². The van der Waals surface area contributed by atoms with E-state index in [1.54, 1.807) is 16.8 Å². The third-order valence-electron chi connectivity index (χ3n) is 4.12. The van der Waals surface area contributed by atoms with Gasteiger partial charge in [-0.05, 0) is 42.8 Å². The number of carbonyl (C=O) groups is 1. The maximum absolute atomic E-state index is 12.6. The van der Waals surface area contributed by atoms with E-state index in [-0.39, 0.29) is 12.3 Å². The predicted octanol–water partition coefficient (Wildman–Crippen LogP) is 3.79. The summed E-state index contributed by atoms with van der Waals surface area (Å²) in [5.74, 6) is 1.83. The molecule has 0 fully saturated rings. The number of nitrogens with one attached hydrogen (secondary N) is 1. The number of aromatic nitrogens is 2. The highest BCUT2D eigenvalue weighted by Crippen LogP contribution is 2.31. The molecule has 1 aromatic heterocycles. The highest BCUT2D eigenvalue weighted by Gasteiger charge is 2.15. The van der Waals surface area contributed by atoms with Crippen LogP contribution in [-0.2, 0) is 11.2 Å². The van der Waals surface area contributed by atoms with Crippen molar-refractivity contribution in [2.24, 2.45) is 0 Å². The zero-order chi connectivity index (χ0) is 18.8. The van der Waals surface area contributed by atoms with E-state index in [2.05, 4.69) is 10.4 Å². The van der Waals surface area contributed by atoms with Crippen molar-refractivity contribution >= 4 is 23.3 Å². The fourth-order valence-corrected chi connectivity index (χ4v) is 3.15. The Hall–Kier alpha value is -2.99. The van der Waals surface area contributed by atoms with Gasteiger partial charge < -0.3 is 14.8 Å². The minimum absolute atomic E-state index is 0.144. The number of nitrogens with zero attached hydrogens (tertiary/aromatic N) is 2. The molecule has 0 saturated heterocycles. The van der Waals surface area contributed by atoms with Crippen molar-refractivity contribution in [1.29, 1.82) is 0 Å². The second kappa shape index (κ2) is 7.32. The van der Waals surface area contributed by atoms with Gasteiger partial charge in [-0.3, -0.25) is 4.79 Å². The Morgan fingerprint density at radius 3 is 2.78 bits per heavy atom. The van der Waals surface area contributed by atoms with Crippen molar-refractivity contribution in [1.82, 2.24) is 9.78 Å². The molecule has 0 saturated carbocycles. The molecule has 0 bridgehead atoms. The third-order valence-corrected chi connectivity index (χ3v) is 4.36. The van der Waals surface area contributed by atoms with Gasteiger partial charge in [0, 0.05) is 11.1 Å². The lowest BCUT2D eigenvalue weighted by Gasteiger charge is -2.18. The van der Waals surface area contributed by atoms with E-state index >= 15 is 0 Å². The molecule has 0 aliphatic carbocycles. The van der Waals surface area contributed by atoms with E-state index in [1.807, 2.05) is 43.3 Å². The highest BCUT2D eigenvalue weighted by atomic mass is 35.5. The van der Waals surface area contributed by atoms with Crippen LogP contribution < -0.4 is 14.8 Å². The van der Waals surface area contributed by atoms with Gasteiger partial charge in [-0.15, -0.1) is 0 Å². The lowest BCUT2D eigenvalue weighted by molar-refractivity contribution is -0.115. The van der Waals surface area contributed by atoms with Crippen LogP contribution in [0.4, 0.5) is 5.82 Å². The number of hydrogen-bond acceptors (Lipinski definition) is 4. The molecule has 6 nitrogen and oxygen atoms in total. The smallest absolute Gasteiger partial charge is 0.229 e. The summed E-state index contributed by atoms with van der Waals surface area (Å²) >= 11 is 6.07. The Morgan fingerprint density at radius 1 is 1.15 bits per heavy atom. The molecule has 1 N–H and O–H groups in total. The maximum atomic E-state index is 12.6. The fourth-order valence-electron chi connectivity index (χ4n) is 2.96. The van der Waals surface area contributed by atoms with Crippen LogP contribution in [0.15, 0.2) is 48.5 Å². The summed E-state index contributed by atoms with van der Waals surface area (Å²) in [5.41, 5.74) is 2.43. The molecule has 138 valence electrons. The van der Waals surface area contributed by atoms with Crippen LogP contribution in [0.3, 0.4) is 0 Å². The van der Waals surface area contributed by atoms with Gasteiger partial charge in [-0.1, -0.05) is 23.7 Å². The second-order valence-electron chi connectivity index (χ2n) is 6.27. The molecule has 7 heteroatoms. The number of benzene rings is 2. The number of rotatable bonds is 4. The van der Waals surface area contributed by atoms with Crippen molar-refractivity contribution in [3.63, 3.8) is 0 Å². The van der Waals surface area contributed by atoms with Gasteiger partial charge in [0.25, 0.3) is 0 Å². The molecular weight excluding hydrogens is 366 g/mol. The lowest BCUT2D eigenvalue weighted by atomic mass is 10.1. The average molecular weight is 384 g/mol. The molecule has 1 aliphatic heterocycles. The fraction of sp³-hybridized carbons (Fsp3) is 0.200. The van der Waals surface area contributed by atoms with Crippen LogP contribution in [0.5, 0.6) is 11.5 Å². The summed E-state index contributed by atoms with van der Waals surface area (Å²) in [6.45, 7) is 2.93. The van der Waals surface area contributed by atoms with Crippen molar-refractivity contribution in [2.45, 2.75) is 13.3 Å². The van der Waals surface area contributed by atoms with Gasteiger partial charge in [-0.2, -0.15) is 5.10 Å². The van der Waals surface area contributed by atoms with E-state index in [0.29, 0.717) is 35.6 Å². The summed E-state index contributed by atoms with van der Waals surface area (Å²) in [7, 11) is 0. The number of halogens is 1. The zero-order valence-electron chi connectivity index (χ0n) is 14.7. The van der Waals surface area contributed by atoms with Crippen LogP contribution in [0.1, 0.15) is 11.3 Å². The highest BCUT2D eigenvalue weighted by molar-refractivity contribution is 6.30. The molecule has 2 heterocycles. The molecule has 2 aromatic carbocycles. The normalized spacial score (nSPS) is 12.7. The summed E-state index contributed by atoms with van der Waals surface area (Å²) in [5, 5.41) is 7.98. The quantitative estimate of drug-likeness (QED) is 0.744. The van der Waals surface area contributed by atoms with Crippen molar-refractivity contribution in [3.8, 4) is 17.2 Å². The van der Waals surface area contributed by atoms with E-state index in [1.165, 1.54) is 0 Å². The van der Waals surface area contributed by atoms with Crippen LogP contribution in [0.2, 0.25) is 5.02 Å². The van der Waals surface area contributed by atoms with Crippen molar-refractivity contribution < 1.29 is 14.3 Å². The second-order valence-corrected chi connectivity index (χ2v) is 6.70. The molecule has 0 unspecified atom stereocenters. The number of carbonyl (C=O) groups excluding carboxylic acids is 1. The Balaban J connectivity index is 1.52. The Morgan fingerprint density at radius 2 is 1.96 bits per heavy atom. The van der Waals surface area contributed by atoms with E-state index in [0.717, 1.165) is 16.9 Å². The van der Waals surface area contributed by atoms with Gasteiger partial charge in [-0.25, -0.2) is 4.68 Å². The van der Waals surface area contributed by atoms with Crippen molar-refractivity contribution in [3.05, 3.63) is 64.8 Å². The monoisotopic (exact) mass is 383 g/mol. The van der Waals surface area contributed by atoms with E-state index in [4.69, 9.17) is 21.1 Å². The molecule has 4 rings (SSSR count). The van der Waals surface area contributed by atoms with Gasteiger partial charge >= 0.3 is 0 Å². The molecule has 3 aromatic rings. The number of aryl methyl sites for hydroxylation is 1. The third kappa shape index (κ3) is 3.90. The van der Waals surface area contributed by atoms with Crippen molar-refractivity contribution in [2.75, 3.05) is 18.5 Å². The minimum atomic E-state index is -0.144. The minimum Gasteiger partial charge on any atom is -0.486 e. The molecule has 0 radical (unpaired) electrons.